The number of fused-ring (bicyclic) bond motifs is 1. The molecule has 0 saturated heterocycles. The number of para-hydroxylation sites is 1. The second-order valence-electron chi connectivity index (χ2n) is 10.5. The van der Waals surface area contributed by atoms with E-state index in [0.717, 1.165) is 4.90 Å². The molecule has 5 rings (SSSR count). The van der Waals surface area contributed by atoms with Crippen molar-refractivity contribution in [2.24, 2.45) is 0 Å². The predicted octanol–water partition coefficient (Wildman–Crippen LogP) is 6.53. The minimum atomic E-state index is -0.782. The van der Waals surface area contributed by atoms with Gasteiger partial charge in [0, 0.05) is 30.4 Å². The Bertz CT molecular complexity index is 1650. The van der Waals surface area contributed by atoms with Gasteiger partial charge in [-0.15, -0.1) is 0 Å². The third kappa shape index (κ3) is 6.01. The first-order valence-corrected chi connectivity index (χ1v) is 13.5. The first-order chi connectivity index (χ1) is 20.1. The molecule has 0 radical (unpaired) electrons. The SMILES string of the molecule is COc1c(Cl)cccc1Nc1c(-c2ccncc2OCc2cccc(F)n2)[nH]c2c1C(=O)N(C(=O)OC(C)(C)C)CC2. The van der Waals surface area contributed by atoms with Crippen LogP contribution in [-0.2, 0) is 17.8 Å². The second kappa shape index (κ2) is 11.7. The van der Waals surface area contributed by atoms with E-state index in [1.54, 1.807) is 63.4 Å². The van der Waals surface area contributed by atoms with Gasteiger partial charge in [-0.25, -0.2) is 14.7 Å². The van der Waals surface area contributed by atoms with Crippen molar-refractivity contribution in [3.8, 4) is 22.8 Å². The molecule has 0 aliphatic carbocycles. The summed E-state index contributed by atoms with van der Waals surface area (Å²) in [6, 6.07) is 11.4. The number of methoxy groups -OCH3 is 1. The van der Waals surface area contributed by atoms with E-state index in [0.29, 0.717) is 57.0 Å². The number of amides is 2. The number of carbonyl (C=O) groups is 2. The lowest BCUT2D eigenvalue weighted by molar-refractivity contribution is 0.0233. The zero-order valence-corrected chi connectivity index (χ0v) is 24.2. The third-order valence-electron chi connectivity index (χ3n) is 6.37. The van der Waals surface area contributed by atoms with Gasteiger partial charge in [-0.05, 0) is 51.1 Å². The Balaban J connectivity index is 1.60. The van der Waals surface area contributed by atoms with Gasteiger partial charge in [0.05, 0.1) is 46.7 Å². The number of aromatic amines is 1. The Morgan fingerprint density at radius 1 is 1.19 bits per heavy atom. The van der Waals surface area contributed by atoms with Gasteiger partial charge in [-0.2, -0.15) is 4.39 Å². The van der Waals surface area contributed by atoms with E-state index in [-0.39, 0.29) is 18.7 Å². The highest BCUT2D eigenvalue weighted by molar-refractivity contribution is 6.32. The highest BCUT2D eigenvalue weighted by Gasteiger charge is 2.37. The van der Waals surface area contributed by atoms with Crippen molar-refractivity contribution < 1.29 is 28.2 Å². The fourth-order valence-electron chi connectivity index (χ4n) is 4.59. The molecule has 218 valence electrons. The van der Waals surface area contributed by atoms with Gasteiger partial charge in [0.25, 0.3) is 5.91 Å². The minimum Gasteiger partial charge on any atom is -0.493 e. The fourth-order valence-corrected chi connectivity index (χ4v) is 4.84. The van der Waals surface area contributed by atoms with Crippen LogP contribution in [0.25, 0.3) is 11.3 Å². The molecule has 1 aliphatic heterocycles. The molecule has 2 amide bonds. The van der Waals surface area contributed by atoms with Crippen LogP contribution in [0.5, 0.6) is 11.5 Å². The van der Waals surface area contributed by atoms with Crippen LogP contribution in [0, 0.1) is 5.95 Å². The molecule has 10 nitrogen and oxygen atoms in total. The molecule has 4 heterocycles. The number of hydrogen-bond donors (Lipinski definition) is 2. The molecule has 1 aromatic carbocycles. The molecule has 0 saturated carbocycles. The molecule has 4 aromatic rings. The Labute approximate surface area is 246 Å². The number of nitrogens with zero attached hydrogens (tertiary/aromatic N) is 3. The van der Waals surface area contributed by atoms with Crippen molar-refractivity contribution in [1.82, 2.24) is 19.9 Å². The van der Waals surface area contributed by atoms with Gasteiger partial charge in [0.1, 0.15) is 18.0 Å². The molecule has 42 heavy (non-hydrogen) atoms. The minimum absolute atomic E-state index is 0.0207. The maximum Gasteiger partial charge on any atom is 0.417 e. The predicted molar refractivity (Wildman–Crippen MR) is 155 cm³/mol. The molecule has 0 unspecified atom stereocenters. The van der Waals surface area contributed by atoms with Crippen LogP contribution >= 0.6 is 11.6 Å². The number of pyridine rings is 2. The van der Waals surface area contributed by atoms with E-state index in [1.165, 1.54) is 19.4 Å². The van der Waals surface area contributed by atoms with Gasteiger partial charge in [-0.3, -0.25) is 9.78 Å². The van der Waals surface area contributed by atoms with Gasteiger partial charge in [0.2, 0.25) is 5.95 Å². The number of rotatable bonds is 7. The van der Waals surface area contributed by atoms with E-state index >= 15 is 0 Å². The first-order valence-electron chi connectivity index (χ1n) is 13.1. The third-order valence-corrected chi connectivity index (χ3v) is 6.67. The number of hydrogen-bond acceptors (Lipinski definition) is 8. The number of H-pyrrole nitrogens is 1. The highest BCUT2D eigenvalue weighted by Crippen LogP contribution is 2.43. The van der Waals surface area contributed by atoms with E-state index in [4.69, 9.17) is 25.8 Å². The maximum atomic E-state index is 13.9. The lowest BCUT2D eigenvalue weighted by atomic mass is 10.0. The standard InChI is InChI=1S/C30H29ClFN5O5/c1-30(2,3)42-29(39)37-14-12-20-24(28(37)38)26(36-21-9-6-8-19(31)27(21)40-4)25(35-20)18-11-13-33-15-22(18)41-16-17-7-5-10-23(32)34-17/h5-11,13,15,35-36H,12,14,16H2,1-4H3. The van der Waals surface area contributed by atoms with Crippen LogP contribution in [0.4, 0.5) is 20.6 Å². The zero-order valence-electron chi connectivity index (χ0n) is 23.5. The molecule has 0 bridgehead atoms. The smallest absolute Gasteiger partial charge is 0.417 e. The van der Waals surface area contributed by atoms with E-state index in [1.807, 2.05) is 0 Å². The molecule has 2 N–H and O–H groups in total. The molecular weight excluding hydrogens is 565 g/mol. The van der Waals surface area contributed by atoms with Gasteiger partial charge in [0.15, 0.2) is 5.75 Å². The van der Waals surface area contributed by atoms with E-state index in [9.17, 15) is 14.0 Å². The Kier molecular flexibility index (Phi) is 8.04. The molecule has 0 spiro atoms. The molecule has 0 atom stereocenters. The number of ether oxygens (including phenoxy) is 3. The molecular formula is C30H29ClFN5O5. The molecule has 1 aliphatic rings. The summed E-state index contributed by atoms with van der Waals surface area (Å²) in [5.74, 6) is -0.415. The lowest BCUT2D eigenvalue weighted by Crippen LogP contribution is -2.44. The topological polar surface area (TPSA) is 119 Å². The van der Waals surface area contributed by atoms with Crippen molar-refractivity contribution in [2.45, 2.75) is 39.4 Å². The highest BCUT2D eigenvalue weighted by atomic mass is 35.5. The number of halogens is 2. The van der Waals surface area contributed by atoms with Gasteiger partial charge < -0.3 is 24.5 Å². The summed E-state index contributed by atoms with van der Waals surface area (Å²) < 4.78 is 30.7. The number of carbonyl (C=O) groups excluding carboxylic acids is 2. The van der Waals surface area contributed by atoms with Crippen molar-refractivity contribution in [1.29, 1.82) is 0 Å². The summed E-state index contributed by atoms with van der Waals surface area (Å²) in [5, 5.41) is 3.67. The van der Waals surface area contributed by atoms with Crippen LogP contribution in [0.3, 0.4) is 0 Å². The number of nitrogens with one attached hydrogen (secondary N) is 2. The monoisotopic (exact) mass is 593 g/mol. The van der Waals surface area contributed by atoms with Crippen molar-refractivity contribution in [2.75, 3.05) is 19.0 Å². The Morgan fingerprint density at radius 3 is 2.71 bits per heavy atom. The van der Waals surface area contributed by atoms with Crippen LogP contribution < -0.4 is 14.8 Å². The molecule has 3 aromatic heterocycles. The maximum absolute atomic E-state index is 13.9. The molecule has 12 heteroatoms. The summed E-state index contributed by atoms with van der Waals surface area (Å²) in [5.41, 5.74) is 2.43. The van der Waals surface area contributed by atoms with Crippen LogP contribution in [-0.4, -0.2) is 51.1 Å². The van der Waals surface area contributed by atoms with Crippen molar-refractivity contribution in [3.05, 3.63) is 82.8 Å². The summed E-state index contributed by atoms with van der Waals surface area (Å²) in [6.45, 7) is 5.32. The fraction of sp³-hybridized carbons (Fsp3) is 0.267. The normalized spacial score (nSPS) is 13.0. The van der Waals surface area contributed by atoms with E-state index in [2.05, 4.69) is 20.3 Å². The van der Waals surface area contributed by atoms with Crippen molar-refractivity contribution in [3.63, 3.8) is 0 Å². The molecule has 0 fully saturated rings. The second-order valence-corrected chi connectivity index (χ2v) is 10.9. The van der Waals surface area contributed by atoms with Gasteiger partial charge >= 0.3 is 6.09 Å². The summed E-state index contributed by atoms with van der Waals surface area (Å²) in [4.78, 5) is 39.3. The number of aromatic nitrogens is 3. The summed E-state index contributed by atoms with van der Waals surface area (Å²) >= 11 is 6.39. The average Bonchev–Trinajstić information content (AvgIpc) is 3.30. The zero-order chi connectivity index (χ0) is 30.0. The number of benzene rings is 1. The summed E-state index contributed by atoms with van der Waals surface area (Å²) in [6.07, 6.45) is 2.73. The van der Waals surface area contributed by atoms with Gasteiger partial charge in [-0.1, -0.05) is 23.7 Å². The Morgan fingerprint density at radius 2 is 1.98 bits per heavy atom. The first kappa shape index (κ1) is 28.9. The lowest BCUT2D eigenvalue weighted by Gasteiger charge is -2.29. The van der Waals surface area contributed by atoms with E-state index < -0.39 is 23.5 Å². The average molecular weight is 594 g/mol. The van der Waals surface area contributed by atoms with Crippen LogP contribution in [0.1, 0.15) is 42.5 Å². The quantitative estimate of drug-likeness (QED) is 0.232. The number of imide groups is 1. The Hall–Kier alpha value is -4.64. The summed E-state index contributed by atoms with van der Waals surface area (Å²) in [7, 11) is 1.49. The van der Waals surface area contributed by atoms with Crippen LogP contribution in [0.2, 0.25) is 5.02 Å². The largest absolute Gasteiger partial charge is 0.493 e. The van der Waals surface area contributed by atoms with Crippen LogP contribution in [0.15, 0.2) is 54.9 Å². The number of anilines is 2. The van der Waals surface area contributed by atoms with Crippen molar-refractivity contribution >= 4 is 35.0 Å².